The summed E-state index contributed by atoms with van der Waals surface area (Å²) in [5.41, 5.74) is -0.399. The van der Waals surface area contributed by atoms with Gasteiger partial charge >= 0.3 is 6.18 Å². The highest BCUT2D eigenvalue weighted by molar-refractivity contribution is 6.42. The minimum Gasteiger partial charge on any atom is -0.236 e. The molecule has 18 heavy (non-hydrogen) atoms. The number of alkyl halides is 3. The number of benzene rings is 1. The van der Waals surface area contributed by atoms with Gasteiger partial charge in [0.25, 0.3) is 0 Å². The van der Waals surface area contributed by atoms with E-state index in [9.17, 15) is 13.2 Å². The Morgan fingerprint density at radius 1 is 0.944 bits per heavy atom. The number of rotatable bonds is 1. The lowest BCUT2D eigenvalue weighted by Crippen LogP contribution is -2.06. The average molecular weight is 293 g/mol. The lowest BCUT2D eigenvalue weighted by Gasteiger charge is -2.06. The fourth-order valence-electron chi connectivity index (χ4n) is 1.26. The van der Waals surface area contributed by atoms with Crippen molar-refractivity contribution >= 4 is 23.2 Å². The molecule has 2 nitrogen and oxygen atoms in total. The molecule has 0 saturated heterocycles. The molecule has 94 valence electrons. The van der Waals surface area contributed by atoms with Crippen molar-refractivity contribution in [3.8, 4) is 11.4 Å². The van der Waals surface area contributed by atoms with Crippen LogP contribution in [0.4, 0.5) is 13.2 Å². The van der Waals surface area contributed by atoms with Gasteiger partial charge in [0.05, 0.1) is 15.6 Å². The van der Waals surface area contributed by atoms with Crippen LogP contribution in [0.15, 0.2) is 30.6 Å². The summed E-state index contributed by atoms with van der Waals surface area (Å²) in [4.78, 5) is 7.31. The van der Waals surface area contributed by atoms with E-state index in [0.717, 1.165) is 12.4 Å². The first-order valence-electron chi connectivity index (χ1n) is 4.72. The van der Waals surface area contributed by atoms with E-state index in [1.54, 1.807) is 6.07 Å². The van der Waals surface area contributed by atoms with Crippen LogP contribution in [0, 0.1) is 0 Å². The standard InChI is InChI=1S/C11H5Cl2F3N2/c12-8-2-1-6(3-9(8)13)10-17-4-7(5-18-10)11(14,15)16/h1-5H. The van der Waals surface area contributed by atoms with E-state index in [2.05, 4.69) is 9.97 Å². The number of hydrogen-bond acceptors (Lipinski definition) is 2. The molecule has 0 aliphatic heterocycles. The maximum Gasteiger partial charge on any atom is 0.419 e. The van der Waals surface area contributed by atoms with Crippen molar-refractivity contribution in [1.29, 1.82) is 0 Å². The van der Waals surface area contributed by atoms with Crippen LogP contribution in [0.2, 0.25) is 10.0 Å². The van der Waals surface area contributed by atoms with Crippen LogP contribution in [0.5, 0.6) is 0 Å². The maximum atomic E-state index is 12.3. The molecule has 1 heterocycles. The first-order valence-corrected chi connectivity index (χ1v) is 5.48. The quantitative estimate of drug-likeness (QED) is 0.775. The molecule has 0 aliphatic rings. The van der Waals surface area contributed by atoms with Crippen molar-refractivity contribution in [2.24, 2.45) is 0 Å². The minimum atomic E-state index is -4.45. The number of aromatic nitrogens is 2. The Morgan fingerprint density at radius 2 is 1.56 bits per heavy atom. The highest BCUT2D eigenvalue weighted by atomic mass is 35.5. The molecule has 0 fully saturated rings. The van der Waals surface area contributed by atoms with Crippen molar-refractivity contribution < 1.29 is 13.2 Å². The molecule has 2 rings (SSSR count). The summed E-state index contributed by atoms with van der Waals surface area (Å²) >= 11 is 11.5. The van der Waals surface area contributed by atoms with Crippen molar-refractivity contribution in [2.45, 2.75) is 6.18 Å². The van der Waals surface area contributed by atoms with E-state index in [-0.39, 0.29) is 10.8 Å². The summed E-state index contributed by atoms with van der Waals surface area (Å²) in [6.07, 6.45) is -2.99. The third-order valence-electron chi connectivity index (χ3n) is 2.16. The second-order valence-corrected chi connectivity index (χ2v) is 4.24. The molecule has 0 N–H and O–H groups in total. The molecule has 7 heteroatoms. The number of halogens is 5. The molecule has 0 unspecified atom stereocenters. The SMILES string of the molecule is FC(F)(F)c1cnc(-c2ccc(Cl)c(Cl)c2)nc1. The lowest BCUT2D eigenvalue weighted by molar-refractivity contribution is -0.138. The van der Waals surface area contributed by atoms with E-state index >= 15 is 0 Å². The normalized spacial score (nSPS) is 11.6. The van der Waals surface area contributed by atoms with Gasteiger partial charge in [-0.15, -0.1) is 0 Å². The lowest BCUT2D eigenvalue weighted by atomic mass is 10.2. The van der Waals surface area contributed by atoms with Gasteiger partial charge in [0, 0.05) is 18.0 Å². The van der Waals surface area contributed by atoms with Gasteiger partial charge in [-0.1, -0.05) is 23.2 Å². The molecule has 0 aliphatic carbocycles. The van der Waals surface area contributed by atoms with Gasteiger partial charge in [-0.25, -0.2) is 9.97 Å². The third kappa shape index (κ3) is 2.73. The average Bonchev–Trinajstić information content (AvgIpc) is 2.32. The van der Waals surface area contributed by atoms with Crippen LogP contribution in [-0.2, 0) is 6.18 Å². The molecular formula is C11H5Cl2F3N2. The van der Waals surface area contributed by atoms with Crippen LogP contribution in [0.1, 0.15) is 5.56 Å². The van der Waals surface area contributed by atoms with E-state index in [4.69, 9.17) is 23.2 Å². The van der Waals surface area contributed by atoms with E-state index in [1.807, 2.05) is 0 Å². The molecule has 0 bridgehead atoms. The van der Waals surface area contributed by atoms with E-state index in [0.29, 0.717) is 10.6 Å². The molecule has 0 spiro atoms. The van der Waals surface area contributed by atoms with Crippen molar-refractivity contribution in [2.75, 3.05) is 0 Å². The van der Waals surface area contributed by atoms with Crippen molar-refractivity contribution in [3.63, 3.8) is 0 Å². The molecule has 0 radical (unpaired) electrons. The summed E-state index contributed by atoms with van der Waals surface area (Å²) in [6, 6.07) is 4.60. The van der Waals surface area contributed by atoms with E-state index in [1.165, 1.54) is 12.1 Å². The Morgan fingerprint density at radius 3 is 2.06 bits per heavy atom. The largest absolute Gasteiger partial charge is 0.419 e. The highest BCUT2D eigenvalue weighted by Crippen LogP contribution is 2.30. The molecular weight excluding hydrogens is 288 g/mol. The summed E-state index contributed by atoms with van der Waals surface area (Å²) in [6.45, 7) is 0. The second-order valence-electron chi connectivity index (χ2n) is 3.42. The molecule has 1 aromatic heterocycles. The molecule has 0 saturated carbocycles. The molecule has 0 amide bonds. The zero-order valence-electron chi connectivity index (χ0n) is 8.67. The third-order valence-corrected chi connectivity index (χ3v) is 2.90. The van der Waals surface area contributed by atoms with Gasteiger partial charge in [0.15, 0.2) is 5.82 Å². The molecule has 1 aromatic carbocycles. The van der Waals surface area contributed by atoms with Crippen LogP contribution >= 0.6 is 23.2 Å². The van der Waals surface area contributed by atoms with Gasteiger partial charge in [-0.05, 0) is 18.2 Å². The summed E-state index contributed by atoms with van der Waals surface area (Å²) in [7, 11) is 0. The highest BCUT2D eigenvalue weighted by Gasteiger charge is 2.31. The van der Waals surface area contributed by atoms with Crippen LogP contribution in [-0.4, -0.2) is 9.97 Å². The number of hydrogen-bond donors (Lipinski definition) is 0. The smallest absolute Gasteiger partial charge is 0.236 e. The van der Waals surface area contributed by atoms with Crippen LogP contribution in [0.25, 0.3) is 11.4 Å². The van der Waals surface area contributed by atoms with Gasteiger partial charge in [0.1, 0.15) is 0 Å². The second kappa shape index (κ2) is 4.74. The zero-order chi connectivity index (χ0) is 13.3. The van der Waals surface area contributed by atoms with E-state index < -0.39 is 11.7 Å². The van der Waals surface area contributed by atoms with Gasteiger partial charge < -0.3 is 0 Å². The van der Waals surface area contributed by atoms with Gasteiger partial charge in [-0.3, -0.25) is 0 Å². The van der Waals surface area contributed by atoms with Crippen molar-refractivity contribution in [3.05, 3.63) is 46.2 Å². The molecule has 2 aromatic rings. The van der Waals surface area contributed by atoms with Gasteiger partial charge in [-0.2, -0.15) is 13.2 Å². The fourth-order valence-corrected chi connectivity index (χ4v) is 1.56. The number of nitrogens with zero attached hydrogens (tertiary/aromatic N) is 2. The summed E-state index contributed by atoms with van der Waals surface area (Å²) in [5.74, 6) is 0.154. The Balaban J connectivity index is 2.37. The minimum absolute atomic E-state index is 0.154. The Bertz CT molecular complexity index is 567. The first-order chi connectivity index (χ1) is 8.38. The fraction of sp³-hybridized carbons (Fsp3) is 0.0909. The van der Waals surface area contributed by atoms with Crippen LogP contribution in [0.3, 0.4) is 0 Å². The zero-order valence-corrected chi connectivity index (χ0v) is 10.2. The Labute approximate surface area is 110 Å². The summed E-state index contributed by atoms with van der Waals surface area (Å²) < 4.78 is 37.0. The summed E-state index contributed by atoms with van der Waals surface area (Å²) in [5, 5.41) is 0.644. The monoisotopic (exact) mass is 292 g/mol. The first kappa shape index (κ1) is 13.1. The van der Waals surface area contributed by atoms with Gasteiger partial charge in [0.2, 0.25) is 0 Å². The Kier molecular flexibility index (Phi) is 3.45. The predicted molar refractivity (Wildman–Crippen MR) is 62.5 cm³/mol. The molecule has 0 atom stereocenters. The Hall–Kier alpha value is -1.33. The van der Waals surface area contributed by atoms with Crippen molar-refractivity contribution in [1.82, 2.24) is 9.97 Å². The topological polar surface area (TPSA) is 25.8 Å². The van der Waals surface area contributed by atoms with Crippen LogP contribution < -0.4 is 0 Å². The maximum absolute atomic E-state index is 12.3. The predicted octanol–water partition coefficient (Wildman–Crippen LogP) is 4.47.